The first kappa shape index (κ1) is 16.4. The maximum Gasteiger partial charge on any atom is 0.0896 e. The van der Waals surface area contributed by atoms with E-state index in [1.165, 1.54) is 45.1 Å². The Morgan fingerprint density at radius 3 is 2.41 bits per heavy atom. The number of unbranched alkanes of at least 4 members (excludes halogenated alkanes) is 5. The number of nitrogens with zero attached hydrogens (tertiary/aromatic N) is 2. The molecule has 0 N–H and O–H groups in total. The van der Waals surface area contributed by atoms with Crippen LogP contribution in [0.2, 0.25) is 0 Å². The summed E-state index contributed by atoms with van der Waals surface area (Å²) in [5.41, 5.74) is 0. The summed E-state index contributed by atoms with van der Waals surface area (Å²) >= 11 is 0. The van der Waals surface area contributed by atoms with Crippen molar-refractivity contribution >= 4 is 12.4 Å². The first-order valence-electron chi connectivity index (χ1n) is 6.64. The van der Waals surface area contributed by atoms with Gasteiger partial charge in [-0.2, -0.15) is 0 Å². The molecule has 1 rings (SSSR count). The van der Waals surface area contributed by atoms with E-state index in [4.69, 9.17) is 0 Å². The van der Waals surface area contributed by atoms with Crippen molar-refractivity contribution in [3.8, 4) is 0 Å². The third-order valence-electron chi connectivity index (χ3n) is 3.01. The van der Waals surface area contributed by atoms with Crippen molar-refractivity contribution in [2.75, 3.05) is 19.8 Å². The van der Waals surface area contributed by atoms with Crippen LogP contribution in [-0.4, -0.2) is 29.6 Å². The lowest BCUT2D eigenvalue weighted by Gasteiger charge is -2.19. The zero-order valence-electron chi connectivity index (χ0n) is 11.1. The minimum Gasteiger partial charge on any atom is -0.359 e. The Labute approximate surface area is 113 Å². The van der Waals surface area contributed by atoms with E-state index >= 15 is 0 Å². The lowest BCUT2D eigenvalue weighted by Crippen LogP contribution is -2.26. The number of hydrogen-bond acceptors (Lipinski definition) is 2. The maximum atomic E-state index is 3.76. The molecular formula is C14H27ClN2. The topological polar surface area (TPSA) is 6.48 Å². The summed E-state index contributed by atoms with van der Waals surface area (Å²) < 4.78 is 0. The molecule has 0 amide bonds. The third-order valence-corrected chi connectivity index (χ3v) is 3.01. The van der Waals surface area contributed by atoms with Crippen LogP contribution >= 0.6 is 12.4 Å². The van der Waals surface area contributed by atoms with Crippen LogP contribution in [0.1, 0.15) is 45.4 Å². The molecule has 0 spiro atoms. The molecule has 0 atom stereocenters. The van der Waals surface area contributed by atoms with E-state index in [2.05, 4.69) is 35.7 Å². The van der Waals surface area contributed by atoms with Crippen LogP contribution in [0, 0.1) is 0 Å². The summed E-state index contributed by atoms with van der Waals surface area (Å²) in [6.45, 7) is 9.24. The fourth-order valence-electron chi connectivity index (χ4n) is 2.04. The van der Waals surface area contributed by atoms with E-state index < -0.39 is 0 Å². The fourth-order valence-corrected chi connectivity index (χ4v) is 2.04. The van der Waals surface area contributed by atoms with Crippen molar-refractivity contribution in [1.29, 1.82) is 0 Å². The highest BCUT2D eigenvalue weighted by Gasteiger charge is 2.09. The minimum absolute atomic E-state index is 0. The highest BCUT2D eigenvalue weighted by atomic mass is 35.5. The minimum atomic E-state index is 0. The van der Waals surface area contributed by atoms with Gasteiger partial charge < -0.3 is 9.80 Å². The van der Waals surface area contributed by atoms with Crippen LogP contribution in [-0.2, 0) is 0 Å². The predicted molar refractivity (Wildman–Crippen MR) is 78.2 cm³/mol. The molecule has 0 fully saturated rings. The predicted octanol–water partition coefficient (Wildman–Crippen LogP) is 4.00. The van der Waals surface area contributed by atoms with E-state index in [9.17, 15) is 0 Å². The van der Waals surface area contributed by atoms with Crippen LogP contribution in [0.15, 0.2) is 25.1 Å². The van der Waals surface area contributed by atoms with Crippen molar-refractivity contribution in [1.82, 2.24) is 9.80 Å². The van der Waals surface area contributed by atoms with Gasteiger partial charge in [0.2, 0.25) is 0 Å². The van der Waals surface area contributed by atoms with Crippen LogP contribution in [0.3, 0.4) is 0 Å². The average Bonchev–Trinajstić information content (AvgIpc) is 2.72. The molecule has 0 radical (unpaired) electrons. The first-order chi connectivity index (χ1) is 7.86. The molecule has 0 bridgehead atoms. The Morgan fingerprint density at radius 2 is 1.71 bits per heavy atom. The Bertz CT molecular complexity index is 216. The zero-order valence-corrected chi connectivity index (χ0v) is 11.9. The van der Waals surface area contributed by atoms with E-state index in [1.807, 2.05) is 6.08 Å². The Hall–Kier alpha value is -0.630. The molecule has 0 aromatic carbocycles. The van der Waals surface area contributed by atoms with Gasteiger partial charge in [-0.3, -0.25) is 0 Å². The molecule has 2 nitrogen and oxygen atoms in total. The van der Waals surface area contributed by atoms with Gasteiger partial charge in [0, 0.05) is 25.5 Å². The number of hydrogen-bond donors (Lipinski definition) is 0. The van der Waals surface area contributed by atoms with Crippen LogP contribution < -0.4 is 0 Å². The second-order valence-electron chi connectivity index (χ2n) is 4.58. The Morgan fingerprint density at radius 1 is 1.06 bits per heavy atom. The van der Waals surface area contributed by atoms with E-state index in [0.717, 1.165) is 13.2 Å². The number of rotatable bonds is 9. The lowest BCUT2D eigenvalue weighted by molar-refractivity contribution is 0.276. The van der Waals surface area contributed by atoms with Crippen LogP contribution in [0.25, 0.3) is 0 Å². The van der Waals surface area contributed by atoms with Gasteiger partial charge in [0.1, 0.15) is 0 Å². The summed E-state index contributed by atoms with van der Waals surface area (Å²) in [6, 6.07) is 0. The molecule has 0 saturated heterocycles. The standard InChI is InChI=1S/C14H26N2.ClH/c1-3-5-6-7-8-9-11-16-13-12-15(14-16)10-4-2;/h4,12-13H,2-3,5-11,14H2,1H3;1H. The van der Waals surface area contributed by atoms with Crippen molar-refractivity contribution in [2.45, 2.75) is 45.4 Å². The molecule has 3 heteroatoms. The Kier molecular flexibility index (Phi) is 10.1. The number of halogens is 1. The van der Waals surface area contributed by atoms with Crippen molar-refractivity contribution in [3.05, 3.63) is 25.1 Å². The highest BCUT2D eigenvalue weighted by Crippen LogP contribution is 2.10. The molecule has 0 aromatic heterocycles. The quantitative estimate of drug-likeness (QED) is 0.456. The van der Waals surface area contributed by atoms with Gasteiger partial charge in [-0.05, 0) is 6.42 Å². The van der Waals surface area contributed by atoms with Gasteiger partial charge in [0.15, 0.2) is 0 Å². The summed E-state index contributed by atoms with van der Waals surface area (Å²) in [4.78, 5) is 4.67. The first-order valence-corrected chi connectivity index (χ1v) is 6.64. The average molecular weight is 259 g/mol. The summed E-state index contributed by atoms with van der Waals surface area (Å²) in [5, 5.41) is 0. The van der Waals surface area contributed by atoms with Gasteiger partial charge in [0.05, 0.1) is 6.67 Å². The van der Waals surface area contributed by atoms with E-state index in [-0.39, 0.29) is 12.4 Å². The van der Waals surface area contributed by atoms with E-state index in [1.54, 1.807) is 0 Å². The zero-order chi connectivity index (χ0) is 11.6. The van der Waals surface area contributed by atoms with E-state index in [0.29, 0.717) is 0 Å². The van der Waals surface area contributed by atoms with Gasteiger partial charge >= 0.3 is 0 Å². The molecule has 1 heterocycles. The largest absolute Gasteiger partial charge is 0.359 e. The van der Waals surface area contributed by atoms with Gasteiger partial charge in [-0.1, -0.05) is 45.1 Å². The summed E-state index contributed by atoms with van der Waals surface area (Å²) in [6.07, 6.45) is 14.6. The van der Waals surface area contributed by atoms with Crippen molar-refractivity contribution in [3.63, 3.8) is 0 Å². The molecule has 100 valence electrons. The molecule has 0 saturated carbocycles. The third kappa shape index (κ3) is 7.32. The molecular weight excluding hydrogens is 232 g/mol. The fraction of sp³-hybridized carbons (Fsp3) is 0.714. The summed E-state index contributed by atoms with van der Waals surface area (Å²) in [5.74, 6) is 0. The monoisotopic (exact) mass is 258 g/mol. The second kappa shape index (κ2) is 10.5. The molecule has 1 aliphatic rings. The van der Waals surface area contributed by atoms with Gasteiger partial charge in [-0.25, -0.2) is 0 Å². The van der Waals surface area contributed by atoms with Gasteiger partial charge in [-0.15, -0.1) is 19.0 Å². The summed E-state index contributed by atoms with van der Waals surface area (Å²) in [7, 11) is 0. The van der Waals surface area contributed by atoms with Crippen molar-refractivity contribution < 1.29 is 0 Å². The second-order valence-corrected chi connectivity index (χ2v) is 4.58. The molecule has 0 unspecified atom stereocenters. The SMILES string of the molecule is C=CCN1C=CN(CCCCCCCC)C1.Cl. The molecule has 1 aliphatic heterocycles. The smallest absolute Gasteiger partial charge is 0.0896 e. The highest BCUT2D eigenvalue weighted by molar-refractivity contribution is 5.85. The van der Waals surface area contributed by atoms with Gasteiger partial charge in [0.25, 0.3) is 0 Å². The van der Waals surface area contributed by atoms with Crippen LogP contribution in [0.4, 0.5) is 0 Å². The molecule has 17 heavy (non-hydrogen) atoms. The van der Waals surface area contributed by atoms with Crippen molar-refractivity contribution in [2.24, 2.45) is 0 Å². The molecule has 0 aliphatic carbocycles. The maximum absolute atomic E-state index is 3.76. The lowest BCUT2D eigenvalue weighted by atomic mass is 10.1. The van der Waals surface area contributed by atoms with Crippen LogP contribution in [0.5, 0.6) is 0 Å². The molecule has 0 aromatic rings. The normalized spacial score (nSPS) is 13.9. The Balaban J connectivity index is 0.00000256.